The summed E-state index contributed by atoms with van der Waals surface area (Å²) in [5, 5.41) is 9.04. The van der Waals surface area contributed by atoms with Crippen molar-refractivity contribution in [2.24, 2.45) is 0 Å². The average Bonchev–Trinajstić information content (AvgIpc) is 3.31. The van der Waals surface area contributed by atoms with Gasteiger partial charge in [0, 0.05) is 19.7 Å². The van der Waals surface area contributed by atoms with Gasteiger partial charge in [-0.15, -0.1) is 0 Å². The van der Waals surface area contributed by atoms with Crippen LogP contribution < -0.4 is 9.47 Å². The molecule has 1 aliphatic rings. The summed E-state index contributed by atoms with van der Waals surface area (Å²) in [7, 11) is -0.608. The van der Waals surface area contributed by atoms with E-state index >= 15 is 0 Å². The maximum absolute atomic E-state index is 13.6. The lowest BCUT2D eigenvalue weighted by molar-refractivity contribution is 0.0970. The molecule has 0 bridgehead atoms. The number of hydrogen-bond donors (Lipinski definition) is 1. The maximum atomic E-state index is 13.6. The Morgan fingerprint density at radius 2 is 1.52 bits per heavy atom. The smallest absolute Gasteiger partial charge is 0.219 e. The summed E-state index contributed by atoms with van der Waals surface area (Å²) < 4.78 is 44.6. The minimum absolute atomic E-state index is 0.129. The Hall–Kier alpha value is -2.13. The van der Waals surface area contributed by atoms with E-state index < -0.39 is 21.9 Å². The van der Waals surface area contributed by atoms with Crippen molar-refractivity contribution in [2.75, 3.05) is 27.4 Å². The van der Waals surface area contributed by atoms with Crippen LogP contribution in [0.1, 0.15) is 30.4 Å². The van der Waals surface area contributed by atoms with Crippen molar-refractivity contribution in [1.82, 2.24) is 4.31 Å². The Morgan fingerprint density at radius 3 is 1.90 bits per heavy atom. The zero-order valence-electron chi connectivity index (χ0n) is 18.1. The first-order valence-corrected chi connectivity index (χ1v) is 11.9. The third-order valence-electron chi connectivity index (χ3n) is 5.57. The highest BCUT2D eigenvalue weighted by atomic mass is 32.2. The molecule has 0 unspecified atom stereocenters. The Bertz CT molecular complexity index is 859. The first-order valence-electron chi connectivity index (χ1n) is 10.4. The van der Waals surface area contributed by atoms with E-state index in [-0.39, 0.29) is 19.2 Å². The van der Waals surface area contributed by atoms with Gasteiger partial charge >= 0.3 is 0 Å². The maximum Gasteiger partial charge on any atom is 0.219 e. The van der Waals surface area contributed by atoms with Crippen LogP contribution in [0.25, 0.3) is 0 Å². The Morgan fingerprint density at radius 1 is 1.00 bits per heavy atom. The molecule has 0 aliphatic carbocycles. The summed E-state index contributed by atoms with van der Waals surface area (Å²) in [6, 6.07) is 14.6. The molecule has 3 rings (SSSR count). The molecule has 0 radical (unpaired) electrons. The molecule has 1 saturated heterocycles. The quantitative estimate of drug-likeness (QED) is 0.568. The number of aliphatic hydroxyl groups excluding tert-OH is 1. The van der Waals surface area contributed by atoms with E-state index in [1.165, 1.54) is 4.31 Å². The molecule has 0 saturated carbocycles. The lowest BCUT2D eigenvalue weighted by Gasteiger charge is -2.28. The van der Waals surface area contributed by atoms with Gasteiger partial charge in [0.1, 0.15) is 16.7 Å². The summed E-state index contributed by atoms with van der Waals surface area (Å²) >= 11 is 0. The van der Waals surface area contributed by atoms with E-state index in [9.17, 15) is 13.5 Å². The van der Waals surface area contributed by atoms with Crippen LogP contribution in [-0.4, -0.2) is 56.6 Å². The molecule has 7 nitrogen and oxygen atoms in total. The molecule has 1 fully saturated rings. The van der Waals surface area contributed by atoms with Crippen LogP contribution in [0.15, 0.2) is 48.5 Å². The first-order chi connectivity index (χ1) is 15.0. The van der Waals surface area contributed by atoms with E-state index in [1.54, 1.807) is 14.2 Å². The molecule has 31 heavy (non-hydrogen) atoms. The van der Waals surface area contributed by atoms with Crippen LogP contribution in [0.4, 0.5) is 0 Å². The van der Waals surface area contributed by atoms with Crippen molar-refractivity contribution in [3.05, 3.63) is 59.7 Å². The highest BCUT2D eigenvalue weighted by molar-refractivity contribution is 7.89. The van der Waals surface area contributed by atoms with Gasteiger partial charge in [-0.1, -0.05) is 24.3 Å². The van der Waals surface area contributed by atoms with Crippen molar-refractivity contribution in [3.63, 3.8) is 0 Å². The van der Waals surface area contributed by atoms with Gasteiger partial charge in [-0.05, 0) is 54.7 Å². The molecule has 1 N–H and O–H groups in total. The third kappa shape index (κ3) is 6.20. The molecule has 0 amide bonds. The zero-order chi connectivity index (χ0) is 22.3. The largest absolute Gasteiger partial charge is 0.497 e. The van der Waals surface area contributed by atoms with Gasteiger partial charge in [0.15, 0.2) is 0 Å². The number of hydrogen-bond acceptors (Lipinski definition) is 6. The highest BCUT2D eigenvalue weighted by Gasteiger charge is 2.35. The summed E-state index contributed by atoms with van der Waals surface area (Å²) in [6.07, 6.45) is 1.91. The monoisotopic (exact) mass is 449 g/mol. The molecule has 8 heteroatoms. The van der Waals surface area contributed by atoms with Crippen molar-refractivity contribution in [2.45, 2.75) is 43.7 Å². The Kier molecular flexibility index (Phi) is 8.31. The van der Waals surface area contributed by atoms with Gasteiger partial charge in [-0.3, -0.25) is 0 Å². The Labute approximate surface area is 184 Å². The summed E-state index contributed by atoms with van der Waals surface area (Å²) in [4.78, 5) is 0. The highest BCUT2D eigenvalue weighted by Crippen LogP contribution is 2.25. The van der Waals surface area contributed by atoms with E-state index in [0.717, 1.165) is 24.0 Å². The number of ether oxygens (including phenoxy) is 3. The fraction of sp³-hybridized carbons (Fsp3) is 0.478. The van der Waals surface area contributed by atoms with Crippen LogP contribution >= 0.6 is 0 Å². The number of nitrogens with zero attached hydrogens (tertiary/aromatic N) is 1. The second-order valence-electron chi connectivity index (χ2n) is 7.68. The van der Waals surface area contributed by atoms with Gasteiger partial charge < -0.3 is 19.3 Å². The summed E-state index contributed by atoms with van der Waals surface area (Å²) in [5.74, 6) is 1.42. The number of benzene rings is 2. The van der Waals surface area contributed by atoms with Crippen molar-refractivity contribution in [3.8, 4) is 11.5 Å². The number of methoxy groups -OCH3 is 2. The molecule has 2 aromatic carbocycles. The van der Waals surface area contributed by atoms with Crippen LogP contribution in [0, 0.1) is 0 Å². The summed E-state index contributed by atoms with van der Waals surface area (Å²) in [6.45, 7) is 0.592. The predicted octanol–water partition coefficient (Wildman–Crippen LogP) is 2.97. The first kappa shape index (κ1) is 23.5. The predicted molar refractivity (Wildman–Crippen MR) is 119 cm³/mol. The van der Waals surface area contributed by atoms with Gasteiger partial charge in [0.25, 0.3) is 0 Å². The number of rotatable bonds is 11. The van der Waals surface area contributed by atoms with Crippen LogP contribution in [0.5, 0.6) is 11.5 Å². The lowest BCUT2D eigenvalue weighted by Crippen LogP contribution is -2.41. The molecule has 0 aromatic heterocycles. The van der Waals surface area contributed by atoms with Gasteiger partial charge in [-0.25, -0.2) is 8.42 Å². The molecule has 0 spiro atoms. The van der Waals surface area contributed by atoms with Crippen LogP contribution in [-0.2, 0) is 27.8 Å². The van der Waals surface area contributed by atoms with Gasteiger partial charge in [-0.2, -0.15) is 4.31 Å². The zero-order valence-corrected chi connectivity index (χ0v) is 18.9. The lowest BCUT2D eigenvalue weighted by atomic mass is 10.1. The molecular formula is C23H31NO6S. The SMILES string of the molecule is COc1ccc(CN(Cc2ccc(OC)cc2)S(=O)(=O)[C@@H](CO)C[C@@H]2CCCO2)cc1. The van der Waals surface area contributed by atoms with Crippen molar-refractivity contribution < 1.29 is 27.7 Å². The van der Waals surface area contributed by atoms with Crippen LogP contribution in [0.2, 0.25) is 0 Å². The molecule has 2 aromatic rings. The second kappa shape index (κ2) is 10.9. The Balaban J connectivity index is 1.85. The number of sulfonamides is 1. The molecular weight excluding hydrogens is 418 g/mol. The average molecular weight is 450 g/mol. The fourth-order valence-electron chi connectivity index (χ4n) is 3.73. The van der Waals surface area contributed by atoms with Crippen molar-refractivity contribution in [1.29, 1.82) is 0 Å². The minimum Gasteiger partial charge on any atom is -0.497 e. The normalized spacial score (nSPS) is 17.6. The number of aliphatic hydroxyl groups is 1. The minimum atomic E-state index is -3.79. The van der Waals surface area contributed by atoms with Crippen molar-refractivity contribution >= 4 is 10.0 Å². The standard InChI is InChI=1S/C23H31NO6S/c1-28-20-9-5-18(6-10-20)15-24(16-19-7-11-21(29-2)12-8-19)31(26,27)23(17-25)14-22-4-3-13-30-22/h5-12,22-23,25H,3-4,13-17H2,1-2H3/t22-,23+/m0/s1. The van der Waals surface area contributed by atoms with E-state index in [4.69, 9.17) is 14.2 Å². The molecule has 170 valence electrons. The van der Waals surface area contributed by atoms with E-state index in [2.05, 4.69) is 0 Å². The summed E-state index contributed by atoms with van der Waals surface area (Å²) in [5.41, 5.74) is 1.68. The molecule has 1 aliphatic heterocycles. The van der Waals surface area contributed by atoms with Gasteiger partial charge in [0.05, 0.1) is 26.9 Å². The fourth-order valence-corrected chi connectivity index (χ4v) is 5.46. The molecule has 1 heterocycles. The van der Waals surface area contributed by atoms with E-state index in [1.807, 2.05) is 48.5 Å². The topological polar surface area (TPSA) is 85.3 Å². The van der Waals surface area contributed by atoms with Gasteiger partial charge in [0.2, 0.25) is 10.0 Å². The van der Waals surface area contributed by atoms with Crippen LogP contribution in [0.3, 0.4) is 0 Å². The second-order valence-corrected chi connectivity index (χ2v) is 9.90. The third-order valence-corrected chi connectivity index (χ3v) is 7.73. The molecule has 2 atom stereocenters. The van der Waals surface area contributed by atoms with E-state index in [0.29, 0.717) is 24.5 Å².